The topological polar surface area (TPSA) is 94.0 Å². The van der Waals surface area contributed by atoms with Crippen LogP contribution in [0.1, 0.15) is 22.1 Å². The van der Waals surface area contributed by atoms with E-state index in [2.05, 4.69) is 31.4 Å². The first kappa shape index (κ1) is 12.6. The Hall–Kier alpha value is -1.89. The van der Waals surface area contributed by atoms with E-state index < -0.39 is 0 Å². The minimum Gasteiger partial charge on any atom is -0.398 e. The van der Waals surface area contributed by atoms with Gasteiger partial charge in [-0.2, -0.15) is 4.98 Å². The number of nitrogens with one attached hydrogen (secondary N) is 1. The molecule has 1 amide bonds. The number of halogens is 1. The number of carbonyl (C=O) groups excluding carboxylic acids is 1. The Kier molecular flexibility index (Phi) is 3.61. The predicted molar refractivity (Wildman–Crippen MR) is 68.8 cm³/mol. The second-order valence-electron chi connectivity index (χ2n) is 3.65. The predicted octanol–water partition coefficient (Wildman–Crippen LogP) is 1.65. The van der Waals surface area contributed by atoms with Crippen LogP contribution in [0, 0.1) is 6.92 Å². The van der Waals surface area contributed by atoms with Crippen molar-refractivity contribution >= 4 is 27.5 Å². The van der Waals surface area contributed by atoms with E-state index in [-0.39, 0.29) is 12.5 Å². The summed E-state index contributed by atoms with van der Waals surface area (Å²) in [5.41, 5.74) is 6.73. The fraction of sp³-hybridized carbons (Fsp3) is 0.182. The highest BCUT2D eigenvalue weighted by molar-refractivity contribution is 9.10. The molecule has 0 spiro atoms. The lowest BCUT2D eigenvalue weighted by Crippen LogP contribution is -2.23. The Labute approximate surface area is 112 Å². The maximum absolute atomic E-state index is 11.8. The molecule has 18 heavy (non-hydrogen) atoms. The molecule has 6 nitrogen and oxygen atoms in total. The second-order valence-corrected chi connectivity index (χ2v) is 4.51. The largest absolute Gasteiger partial charge is 0.398 e. The Balaban J connectivity index is 2.01. The molecule has 7 heteroatoms. The lowest BCUT2D eigenvalue weighted by molar-refractivity contribution is 0.0946. The summed E-state index contributed by atoms with van der Waals surface area (Å²) in [4.78, 5) is 15.8. The van der Waals surface area contributed by atoms with Gasteiger partial charge in [-0.05, 0) is 41.1 Å². The molecule has 3 N–H and O–H groups in total. The third kappa shape index (κ3) is 2.86. The second kappa shape index (κ2) is 5.18. The van der Waals surface area contributed by atoms with E-state index >= 15 is 0 Å². The molecule has 2 rings (SSSR count). The molecule has 0 bridgehead atoms. The van der Waals surface area contributed by atoms with Crippen LogP contribution in [0.4, 0.5) is 5.69 Å². The zero-order chi connectivity index (χ0) is 13.1. The SMILES string of the molecule is Cc1noc(CNC(=O)c2ccc(N)c(Br)c2)n1. The molecule has 0 unspecified atom stereocenters. The van der Waals surface area contributed by atoms with Gasteiger partial charge < -0.3 is 15.6 Å². The van der Waals surface area contributed by atoms with Crippen LogP contribution in [0.3, 0.4) is 0 Å². The number of rotatable bonds is 3. The number of amides is 1. The number of benzene rings is 1. The zero-order valence-electron chi connectivity index (χ0n) is 9.61. The maximum atomic E-state index is 11.8. The standard InChI is InChI=1S/C11H11BrN4O2/c1-6-15-10(18-16-6)5-14-11(17)7-2-3-9(13)8(12)4-7/h2-4H,5,13H2,1H3,(H,14,17). The van der Waals surface area contributed by atoms with Crippen molar-refractivity contribution in [3.05, 3.63) is 40.0 Å². The van der Waals surface area contributed by atoms with Gasteiger partial charge >= 0.3 is 0 Å². The number of nitrogens with two attached hydrogens (primary N) is 1. The van der Waals surface area contributed by atoms with Gasteiger partial charge in [-0.25, -0.2) is 0 Å². The summed E-state index contributed by atoms with van der Waals surface area (Å²) in [7, 11) is 0. The van der Waals surface area contributed by atoms with Gasteiger partial charge in [0.15, 0.2) is 5.82 Å². The number of hydrogen-bond acceptors (Lipinski definition) is 5. The van der Waals surface area contributed by atoms with Gasteiger partial charge in [-0.15, -0.1) is 0 Å². The molecule has 94 valence electrons. The van der Waals surface area contributed by atoms with Gasteiger partial charge in [0.25, 0.3) is 5.91 Å². The van der Waals surface area contributed by atoms with Gasteiger partial charge in [0, 0.05) is 15.7 Å². The fourth-order valence-corrected chi connectivity index (χ4v) is 1.72. The summed E-state index contributed by atoms with van der Waals surface area (Å²) < 4.78 is 5.57. The van der Waals surface area contributed by atoms with Crippen molar-refractivity contribution in [2.45, 2.75) is 13.5 Å². The molecule has 0 saturated heterocycles. The molecular formula is C11H11BrN4O2. The molecular weight excluding hydrogens is 300 g/mol. The van der Waals surface area contributed by atoms with Crippen molar-refractivity contribution in [1.29, 1.82) is 0 Å². The smallest absolute Gasteiger partial charge is 0.251 e. The molecule has 0 radical (unpaired) electrons. The molecule has 0 saturated carbocycles. The van der Waals surface area contributed by atoms with E-state index in [0.717, 1.165) is 0 Å². The van der Waals surface area contributed by atoms with Crippen LogP contribution in [0.25, 0.3) is 0 Å². The molecule has 0 aliphatic heterocycles. The van der Waals surface area contributed by atoms with Crippen LogP contribution in [-0.2, 0) is 6.54 Å². The number of aromatic nitrogens is 2. The number of hydrogen-bond donors (Lipinski definition) is 2. The summed E-state index contributed by atoms with van der Waals surface area (Å²) in [5.74, 6) is 0.677. The molecule has 1 heterocycles. The Bertz CT molecular complexity index is 582. The first-order valence-corrected chi connectivity index (χ1v) is 5.98. The molecule has 1 aromatic heterocycles. The van der Waals surface area contributed by atoms with Gasteiger partial charge in [0.05, 0.1) is 6.54 Å². The quantitative estimate of drug-likeness (QED) is 0.841. The highest BCUT2D eigenvalue weighted by atomic mass is 79.9. The van der Waals surface area contributed by atoms with Crippen LogP contribution in [0.5, 0.6) is 0 Å². The van der Waals surface area contributed by atoms with Gasteiger partial charge in [-0.3, -0.25) is 4.79 Å². The number of nitrogens with zero attached hydrogens (tertiary/aromatic N) is 2. The lowest BCUT2D eigenvalue weighted by Gasteiger charge is -2.04. The van der Waals surface area contributed by atoms with E-state index in [1.165, 1.54) is 0 Å². The fourth-order valence-electron chi connectivity index (χ4n) is 1.34. The summed E-state index contributed by atoms with van der Waals surface area (Å²) in [6.07, 6.45) is 0. The number of aryl methyl sites for hydroxylation is 1. The molecule has 0 atom stereocenters. The summed E-state index contributed by atoms with van der Waals surface area (Å²) in [6.45, 7) is 1.91. The van der Waals surface area contributed by atoms with Crippen molar-refractivity contribution in [2.75, 3.05) is 5.73 Å². The van der Waals surface area contributed by atoms with Crippen molar-refractivity contribution in [2.24, 2.45) is 0 Å². The Morgan fingerprint density at radius 2 is 2.33 bits per heavy atom. The van der Waals surface area contributed by atoms with Crippen molar-refractivity contribution in [3.63, 3.8) is 0 Å². The minimum atomic E-state index is -0.230. The average Bonchev–Trinajstić information content (AvgIpc) is 2.75. The first-order valence-electron chi connectivity index (χ1n) is 5.18. The maximum Gasteiger partial charge on any atom is 0.251 e. The Morgan fingerprint density at radius 3 is 2.94 bits per heavy atom. The lowest BCUT2D eigenvalue weighted by atomic mass is 10.2. The zero-order valence-corrected chi connectivity index (χ0v) is 11.2. The molecule has 0 aliphatic carbocycles. The third-order valence-electron chi connectivity index (χ3n) is 2.23. The molecule has 1 aromatic carbocycles. The van der Waals surface area contributed by atoms with E-state index in [0.29, 0.717) is 27.4 Å². The highest BCUT2D eigenvalue weighted by Gasteiger charge is 2.09. The molecule has 2 aromatic rings. The first-order chi connectivity index (χ1) is 8.56. The van der Waals surface area contributed by atoms with Crippen LogP contribution in [0.15, 0.2) is 27.2 Å². The van der Waals surface area contributed by atoms with Crippen molar-refractivity contribution in [1.82, 2.24) is 15.5 Å². The minimum absolute atomic E-state index is 0.196. The van der Waals surface area contributed by atoms with Gasteiger partial charge in [0.1, 0.15) is 0 Å². The number of anilines is 1. The van der Waals surface area contributed by atoms with Crippen LogP contribution in [0.2, 0.25) is 0 Å². The average molecular weight is 311 g/mol. The monoisotopic (exact) mass is 310 g/mol. The summed E-state index contributed by atoms with van der Waals surface area (Å²) in [5, 5.41) is 6.31. The van der Waals surface area contributed by atoms with Crippen molar-refractivity contribution in [3.8, 4) is 0 Å². The van der Waals surface area contributed by atoms with E-state index in [1.54, 1.807) is 25.1 Å². The van der Waals surface area contributed by atoms with Crippen LogP contribution < -0.4 is 11.1 Å². The number of carbonyl (C=O) groups is 1. The van der Waals surface area contributed by atoms with Gasteiger partial charge in [-0.1, -0.05) is 5.16 Å². The third-order valence-corrected chi connectivity index (χ3v) is 2.92. The summed E-state index contributed by atoms with van der Waals surface area (Å²) in [6, 6.07) is 4.97. The van der Waals surface area contributed by atoms with E-state index in [9.17, 15) is 4.79 Å². The number of nitrogen functional groups attached to an aromatic ring is 1. The molecule has 0 fully saturated rings. The van der Waals surface area contributed by atoms with E-state index in [4.69, 9.17) is 10.3 Å². The normalized spacial score (nSPS) is 10.3. The Morgan fingerprint density at radius 1 is 1.56 bits per heavy atom. The van der Waals surface area contributed by atoms with Crippen LogP contribution >= 0.6 is 15.9 Å². The highest BCUT2D eigenvalue weighted by Crippen LogP contribution is 2.20. The van der Waals surface area contributed by atoms with Crippen molar-refractivity contribution < 1.29 is 9.32 Å². The summed E-state index contributed by atoms with van der Waals surface area (Å²) >= 11 is 3.27. The van der Waals surface area contributed by atoms with Crippen LogP contribution in [-0.4, -0.2) is 16.0 Å². The molecule has 0 aliphatic rings. The van der Waals surface area contributed by atoms with Gasteiger partial charge in [0.2, 0.25) is 5.89 Å². The van der Waals surface area contributed by atoms with E-state index in [1.807, 2.05) is 0 Å².